The lowest BCUT2D eigenvalue weighted by Gasteiger charge is -2.11. The molecule has 1 heterocycles. The quantitative estimate of drug-likeness (QED) is 0.376. The molecule has 0 bridgehead atoms. The standard InChI is InChI=1S/C20H20Br2N4O2S/c1-3-26-19(14-7-5-6-8-17(14)28-4-2)24-25-20(26)29-12-18(27)23-16-11-13(21)9-10-15(16)22/h5-11H,3-4,12H2,1-2H3,(H,23,27). The molecule has 3 rings (SSSR count). The Morgan fingerprint density at radius 1 is 1.17 bits per heavy atom. The Hall–Kier alpha value is -1.84. The summed E-state index contributed by atoms with van der Waals surface area (Å²) < 4.78 is 9.44. The van der Waals surface area contributed by atoms with Crippen LogP contribution >= 0.6 is 43.6 Å². The van der Waals surface area contributed by atoms with Gasteiger partial charge in [-0.2, -0.15) is 0 Å². The number of aromatic nitrogens is 3. The molecule has 0 atom stereocenters. The van der Waals surface area contributed by atoms with Crippen LogP contribution in [0.2, 0.25) is 0 Å². The van der Waals surface area contributed by atoms with E-state index < -0.39 is 0 Å². The maximum atomic E-state index is 12.4. The molecule has 1 amide bonds. The maximum absolute atomic E-state index is 12.4. The lowest BCUT2D eigenvalue weighted by molar-refractivity contribution is -0.113. The van der Waals surface area contributed by atoms with Crippen molar-refractivity contribution in [1.82, 2.24) is 14.8 Å². The topological polar surface area (TPSA) is 69.0 Å². The fourth-order valence-electron chi connectivity index (χ4n) is 2.72. The van der Waals surface area contributed by atoms with Gasteiger partial charge in [-0.1, -0.05) is 39.8 Å². The molecule has 0 saturated carbocycles. The molecule has 9 heteroatoms. The summed E-state index contributed by atoms with van der Waals surface area (Å²) in [6, 6.07) is 13.4. The number of anilines is 1. The van der Waals surface area contributed by atoms with Crippen LogP contribution in [0.25, 0.3) is 11.4 Å². The summed E-state index contributed by atoms with van der Waals surface area (Å²) in [4.78, 5) is 12.4. The van der Waals surface area contributed by atoms with Gasteiger partial charge in [0.2, 0.25) is 5.91 Å². The smallest absolute Gasteiger partial charge is 0.234 e. The van der Waals surface area contributed by atoms with E-state index in [1.165, 1.54) is 11.8 Å². The SMILES string of the molecule is CCOc1ccccc1-c1nnc(SCC(=O)Nc2cc(Br)ccc2Br)n1CC. The molecule has 29 heavy (non-hydrogen) atoms. The van der Waals surface area contributed by atoms with Gasteiger partial charge in [0.1, 0.15) is 5.75 Å². The molecule has 0 aliphatic carbocycles. The summed E-state index contributed by atoms with van der Waals surface area (Å²) in [7, 11) is 0. The fraction of sp³-hybridized carbons (Fsp3) is 0.250. The third kappa shape index (κ3) is 5.40. The first-order valence-corrected chi connectivity index (χ1v) is 11.6. The fourth-order valence-corrected chi connectivity index (χ4v) is 4.23. The van der Waals surface area contributed by atoms with Gasteiger partial charge in [-0.25, -0.2) is 0 Å². The van der Waals surface area contributed by atoms with E-state index in [-0.39, 0.29) is 11.7 Å². The summed E-state index contributed by atoms with van der Waals surface area (Å²) in [5.74, 6) is 1.61. The van der Waals surface area contributed by atoms with Crippen molar-refractivity contribution in [3.05, 3.63) is 51.4 Å². The van der Waals surface area contributed by atoms with E-state index >= 15 is 0 Å². The Kier molecular flexibility index (Phi) is 7.74. The van der Waals surface area contributed by atoms with E-state index in [1.807, 2.05) is 60.9 Å². The van der Waals surface area contributed by atoms with Crippen molar-refractivity contribution in [3.8, 4) is 17.1 Å². The van der Waals surface area contributed by atoms with Crippen molar-refractivity contribution < 1.29 is 9.53 Å². The van der Waals surface area contributed by atoms with Crippen molar-refractivity contribution in [2.75, 3.05) is 17.7 Å². The molecule has 0 radical (unpaired) electrons. The number of para-hydroxylation sites is 1. The number of hydrogen-bond donors (Lipinski definition) is 1. The number of ether oxygens (including phenoxy) is 1. The number of rotatable bonds is 8. The molecule has 0 aliphatic rings. The molecule has 6 nitrogen and oxygen atoms in total. The minimum Gasteiger partial charge on any atom is -0.493 e. The van der Waals surface area contributed by atoms with E-state index in [4.69, 9.17) is 4.74 Å². The van der Waals surface area contributed by atoms with Gasteiger partial charge in [0.05, 0.1) is 23.6 Å². The molecule has 3 aromatic rings. The van der Waals surface area contributed by atoms with Crippen LogP contribution in [0.1, 0.15) is 13.8 Å². The van der Waals surface area contributed by atoms with Gasteiger partial charge in [-0.15, -0.1) is 10.2 Å². The van der Waals surface area contributed by atoms with Crippen molar-refractivity contribution in [2.45, 2.75) is 25.5 Å². The van der Waals surface area contributed by atoms with Crippen molar-refractivity contribution >= 4 is 55.2 Å². The van der Waals surface area contributed by atoms with Gasteiger partial charge < -0.3 is 14.6 Å². The number of benzene rings is 2. The second-order valence-electron chi connectivity index (χ2n) is 5.94. The minimum atomic E-state index is -0.115. The summed E-state index contributed by atoms with van der Waals surface area (Å²) in [5, 5.41) is 12.3. The monoisotopic (exact) mass is 538 g/mol. The second-order valence-corrected chi connectivity index (χ2v) is 8.65. The number of hydrogen-bond acceptors (Lipinski definition) is 5. The average Bonchev–Trinajstić information content (AvgIpc) is 3.12. The predicted molar refractivity (Wildman–Crippen MR) is 123 cm³/mol. The van der Waals surface area contributed by atoms with Gasteiger partial charge >= 0.3 is 0 Å². The molecule has 152 valence electrons. The van der Waals surface area contributed by atoms with Crippen LogP contribution in [0, 0.1) is 0 Å². The Labute approximate surface area is 190 Å². The number of thioether (sulfide) groups is 1. The van der Waals surface area contributed by atoms with Crippen LogP contribution in [0.5, 0.6) is 5.75 Å². The van der Waals surface area contributed by atoms with E-state index in [2.05, 4.69) is 47.4 Å². The molecule has 2 aromatic carbocycles. The molecule has 0 saturated heterocycles. The van der Waals surface area contributed by atoms with E-state index in [1.54, 1.807) is 0 Å². The van der Waals surface area contributed by atoms with Crippen LogP contribution < -0.4 is 10.1 Å². The first kappa shape index (κ1) is 21.9. The number of halogens is 2. The molecule has 0 unspecified atom stereocenters. The normalized spacial score (nSPS) is 10.8. The zero-order chi connectivity index (χ0) is 20.8. The molecule has 0 fully saturated rings. The number of carbonyl (C=O) groups excluding carboxylic acids is 1. The molecule has 1 aromatic heterocycles. The van der Waals surface area contributed by atoms with Gasteiger partial charge in [0.15, 0.2) is 11.0 Å². The van der Waals surface area contributed by atoms with Gasteiger partial charge in [0, 0.05) is 15.5 Å². The lowest BCUT2D eigenvalue weighted by atomic mass is 10.2. The van der Waals surface area contributed by atoms with Gasteiger partial charge in [-0.3, -0.25) is 4.79 Å². The Bertz CT molecular complexity index is 1010. The van der Waals surface area contributed by atoms with E-state index in [0.717, 1.165) is 26.1 Å². The Morgan fingerprint density at radius 2 is 1.97 bits per heavy atom. The Morgan fingerprint density at radius 3 is 2.72 bits per heavy atom. The van der Waals surface area contributed by atoms with Crippen LogP contribution in [0.15, 0.2) is 56.6 Å². The first-order valence-electron chi connectivity index (χ1n) is 9.06. The third-order valence-electron chi connectivity index (χ3n) is 4.00. The number of nitrogens with zero attached hydrogens (tertiary/aromatic N) is 3. The summed E-state index contributed by atoms with van der Waals surface area (Å²) >= 11 is 8.21. The van der Waals surface area contributed by atoms with Crippen LogP contribution in [-0.4, -0.2) is 33.0 Å². The first-order chi connectivity index (χ1) is 14.0. The number of nitrogens with one attached hydrogen (secondary N) is 1. The summed E-state index contributed by atoms with van der Waals surface area (Å²) in [6.07, 6.45) is 0. The molecular formula is C20H20Br2N4O2S. The maximum Gasteiger partial charge on any atom is 0.234 e. The highest BCUT2D eigenvalue weighted by Crippen LogP contribution is 2.31. The molecule has 0 spiro atoms. The van der Waals surface area contributed by atoms with Gasteiger partial charge in [-0.05, 0) is 60.1 Å². The zero-order valence-electron chi connectivity index (χ0n) is 16.0. The van der Waals surface area contributed by atoms with Crippen molar-refractivity contribution in [2.24, 2.45) is 0 Å². The predicted octanol–water partition coefficient (Wildman–Crippen LogP) is 5.62. The highest BCUT2D eigenvalue weighted by Gasteiger charge is 2.17. The van der Waals surface area contributed by atoms with Crippen LogP contribution in [0.4, 0.5) is 5.69 Å². The van der Waals surface area contributed by atoms with Crippen LogP contribution in [-0.2, 0) is 11.3 Å². The summed E-state index contributed by atoms with van der Waals surface area (Å²) in [5.41, 5.74) is 1.60. The zero-order valence-corrected chi connectivity index (χ0v) is 20.0. The third-order valence-corrected chi connectivity index (χ3v) is 6.15. The minimum absolute atomic E-state index is 0.115. The highest BCUT2D eigenvalue weighted by molar-refractivity contribution is 9.11. The molecule has 0 aliphatic heterocycles. The van der Waals surface area contributed by atoms with Crippen molar-refractivity contribution in [3.63, 3.8) is 0 Å². The van der Waals surface area contributed by atoms with E-state index in [0.29, 0.717) is 24.0 Å². The Balaban J connectivity index is 1.74. The largest absolute Gasteiger partial charge is 0.493 e. The van der Waals surface area contributed by atoms with Crippen LogP contribution in [0.3, 0.4) is 0 Å². The number of carbonyl (C=O) groups is 1. The lowest BCUT2D eigenvalue weighted by Crippen LogP contribution is -2.15. The number of amides is 1. The highest BCUT2D eigenvalue weighted by atomic mass is 79.9. The van der Waals surface area contributed by atoms with Crippen molar-refractivity contribution in [1.29, 1.82) is 0 Å². The molecule has 1 N–H and O–H groups in total. The molecular weight excluding hydrogens is 520 g/mol. The second kappa shape index (κ2) is 10.3. The van der Waals surface area contributed by atoms with E-state index in [9.17, 15) is 4.79 Å². The summed E-state index contributed by atoms with van der Waals surface area (Å²) in [6.45, 7) is 5.23. The van der Waals surface area contributed by atoms with Gasteiger partial charge in [0.25, 0.3) is 0 Å². The average molecular weight is 540 g/mol.